The van der Waals surface area contributed by atoms with Crippen molar-refractivity contribution >= 4 is 0 Å². The Morgan fingerprint density at radius 1 is 1.04 bits per heavy atom. The minimum absolute atomic E-state index is 0.0268. The van der Waals surface area contributed by atoms with Crippen LogP contribution < -0.4 is 0 Å². The van der Waals surface area contributed by atoms with Gasteiger partial charge in [-0.1, -0.05) is 24.6 Å². The van der Waals surface area contributed by atoms with Crippen molar-refractivity contribution in [2.24, 2.45) is 23.7 Å². The number of allylic oxidation sites excluding steroid dienone is 3. The van der Waals surface area contributed by atoms with Crippen molar-refractivity contribution in [1.29, 1.82) is 0 Å². The Balaban J connectivity index is 1.33. The van der Waals surface area contributed by atoms with Gasteiger partial charge in [0.25, 0.3) is 0 Å². The molecule has 2 aliphatic carbocycles. The predicted octanol–water partition coefficient (Wildman–Crippen LogP) is 5.79. The zero-order valence-corrected chi connectivity index (χ0v) is 15.1. The molecule has 136 valence electrons. The molecule has 0 radical (unpaired) electrons. The molecule has 0 bridgehead atoms. The summed E-state index contributed by atoms with van der Waals surface area (Å²) in [5, 5.41) is 0. The molecular formula is C21H33FO2. The highest BCUT2D eigenvalue weighted by atomic mass is 19.1. The summed E-state index contributed by atoms with van der Waals surface area (Å²) in [5.74, 6) is 2.69. The normalized spacial score (nSPS) is 38.2. The van der Waals surface area contributed by atoms with E-state index in [1.54, 1.807) is 0 Å². The van der Waals surface area contributed by atoms with Gasteiger partial charge in [0.15, 0.2) is 6.29 Å². The minimum Gasteiger partial charge on any atom is -0.352 e. The highest BCUT2D eigenvalue weighted by Crippen LogP contribution is 2.37. The van der Waals surface area contributed by atoms with Crippen LogP contribution in [0.2, 0.25) is 0 Å². The second-order valence-corrected chi connectivity index (χ2v) is 7.97. The van der Waals surface area contributed by atoms with Crippen molar-refractivity contribution in [1.82, 2.24) is 0 Å². The van der Waals surface area contributed by atoms with Gasteiger partial charge in [0, 0.05) is 11.8 Å². The average molecular weight is 336 g/mol. The second kappa shape index (κ2) is 9.15. The van der Waals surface area contributed by atoms with Crippen LogP contribution in [0, 0.1) is 23.7 Å². The summed E-state index contributed by atoms with van der Waals surface area (Å²) in [4.78, 5) is 0. The summed E-state index contributed by atoms with van der Waals surface area (Å²) in [7, 11) is 0. The zero-order chi connectivity index (χ0) is 16.8. The van der Waals surface area contributed by atoms with Gasteiger partial charge in [-0.3, -0.25) is 0 Å². The van der Waals surface area contributed by atoms with Crippen LogP contribution in [0.25, 0.3) is 0 Å². The highest BCUT2D eigenvalue weighted by molar-refractivity contribution is 4.97. The predicted molar refractivity (Wildman–Crippen MR) is 95.2 cm³/mol. The molecule has 24 heavy (non-hydrogen) atoms. The van der Waals surface area contributed by atoms with Crippen molar-refractivity contribution in [3.8, 4) is 0 Å². The second-order valence-electron chi connectivity index (χ2n) is 7.97. The van der Waals surface area contributed by atoms with Crippen molar-refractivity contribution < 1.29 is 13.9 Å². The monoisotopic (exact) mass is 336 g/mol. The minimum atomic E-state index is 0.0268. The lowest BCUT2D eigenvalue weighted by Gasteiger charge is -2.37. The van der Waals surface area contributed by atoms with Crippen LogP contribution >= 0.6 is 0 Å². The fourth-order valence-electron chi connectivity index (χ4n) is 4.53. The molecule has 1 atom stereocenters. The fourth-order valence-corrected chi connectivity index (χ4v) is 4.53. The summed E-state index contributed by atoms with van der Waals surface area (Å²) < 4.78 is 25.0. The third-order valence-corrected chi connectivity index (χ3v) is 6.14. The Morgan fingerprint density at radius 2 is 1.75 bits per heavy atom. The number of hydrogen-bond acceptors (Lipinski definition) is 2. The zero-order valence-electron chi connectivity index (χ0n) is 15.1. The van der Waals surface area contributed by atoms with E-state index in [9.17, 15) is 4.39 Å². The molecule has 1 heterocycles. The lowest BCUT2D eigenvalue weighted by Crippen LogP contribution is -2.38. The first-order valence-corrected chi connectivity index (χ1v) is 9.95. The molecule has 1 saturated carbocycles. The SMILES string of the molecule is C/C=C/[C@H]1CO[C@H](C2CCC(CCC3CC=C(F)CC3)CC2)OC1. The lowest BCUT2D eigenvalue weighted by atomic mass is 9.77. The van der Waals surface area contributed by atoms with E-state index in [0.717, 1.165) is 37.9 Å². The Bertz CT molecular complexity index is 429. The van der Waals surface area contributed by atoms with Gasteiger partial charge in [0.2, 0.25) is 0 Å². The van der Waals surface area contributed by atoms with Gasteiger partial charge >= 0.3 is 0 Å². The molecule has 3 heteroatoms. The summed E-state index contributed by atoms with van der Waals surface area (Å²) >= 11 is 0. The van der Waals surface area contributed by atoms with Crippen LogP contribution in [0.15, 0.2) is 24.1 Å². The smallest absolute Gasteiger partial charge is 0.160 e. The van der Waals surface area contributed by atoms with E-state index in [2.05, 4.69) is 12.2 Å². The average Bonchev–Trinajstić information content (AvgIpc) is 2.63. The van der Waals surface area contributed by atoms with E-state index in [0.29, 0.717) is 18.3 Å². The Morgan fingerprint density at radius 3 is 2.38 bits per heavy atom. The molecule has 2 nitrogen and oxygen atoms in total. The lowest BCUT2D eigenvalue weighted by molar-refractivity contribution is -0.223. The van der Waals surface area contributed by atoms with Crippen molar-refractivity contribution in [3.05, 3.63) is 24.1 Å². The molecule has 3 aliphatic rings. The maximum absolute atomic E-state index is 13.1. The van der Waals surface area contributed by atoms with Gasteiger partial charge < -0.3 is 9.47 Å². The van der Waals surface area contributed by atoms with E-state index in [4.69, 9.17) is 9.47 Å². The van der Waals surface area contributed by atoms with E-state index in [1.165, 1.54) is 38.5 Å². The molecule has 0 aromatic carbocycles. The van der Waals surface area contributed by atoms with Crippen LogP contribution in [-0.4, -0.2) is 19.5 Å². The molecule has 1 aliphatic heterocycles. The first-order valence-electron chi connectivity index (χ1n) is 9.95. The van der Waals surface area contributed by atoms with E-state index in [-0.39, 0.29) is 12.1 Å². The van der Waals surface area contributed by atoms with Gasteiger partial charge in [-0.15, -0.1) is 0 Å². The Hall–Kier alpha value is -0.670. The maximum atomic E-state index is 13.1. The molecule has 0 aromatic rings. The molecule has 0 spiro atoms. The third-order valence-electron chi connectivity index (χ3n) is 6.14. The molecule has 2 fully saturated rings. The van der Waals surface area contributed by atoms with Crippen LogP contribution in [-0.2, 0) is 9.47 Å². The number of rotatable bonds is 5. The van der Waals surface area contributed by atoms with Gasteiger partial charge in [0.1, 0.15) is 0 Å². The van der Waals surface area contributed by atoms with Gasteiger partial charge in [-0.2, -0.15) is 0 Å². The van der Waals surface area contributed by atoms with Crippen molar-refractivity contribution in [2.45, 2.75) is 71.0 Å². The van der Waals surface area contributed by atoms with Crippen LogP contribution in [0.5, 0.6) is 0 Å². The van der Waals surface area contributed by atoms with Crippen LogP contribution in [0.4, 0.5) is 4.39 Å². The number of hydrogen-bond donors (Lipinski definition) is 0. The molecule has 3 rings (SSSR count). The highest BCUT2D eigenvalue weighted by Gasteiger charge is 2.32. The van der Waals surface area contributed by atoms with Crippen LogP contribution in [0.3, 0.4) is 0 Å². The molecular weight excluding hydrogens is 303 g/mol. The summed E-state index contributed by atoms with van der Waals surface area (Å²) in [6, 6.07) is 0. The molecule has 0 aromatic heterocycles. The maximum Gasteiger partial charge on any atom is 0.160 e. The fraction of sp³-hybridized carbons (Fsp3) is 0.810. The summed E-state index contributed by atoms with van der Waals surface area (Å²) in [5.41, 5.74) is 0. The van der Waals surface area contributed by atoms with E-state index in [1.807, 2.05) is 13.0 Å². The van der Waals surface area contributed by atoms with Gasteiger partial charge in [0.05, 0.1) is 19.0 Å². The van der Waals surface area contributed by atoms with Crippen LogP contribution in [0.1, 0.15) is 64.7 Å². The first kappa shape index (κ1) is 18.1. The summed E-state index contributed by atoms with van der Waals surface area (Å²) in [6.45, 7) is 3.66. The number of halogens is 1. The standard InChI is InChI=1S/C21H33FO2/c1-2-3-18-14-23-21(24-15-18)19-10-6-16(7-11-19)4-5-17-8-12-20(22)13-9-17/h2-3,12,16-19,21H,4-11,13-15H2,1H3/b3-2+/t16?,17?,18-,19?,21-. The van der Waals surface area contributed by atoms with E-state index < -0.39 is 0 Å². The Labute approximate surface area is 146 Å². The van der Waals surface area contributed by atoms with Gasteiger partial charge in [-0.05, 0) is 70.1 Å². The quantitative estimate of drug-likeness (QED) is 0.591. The summed E-state index contributed by atoms with van der Waals surface area (Å²) in [6.07, 6.45) is 16.5. The van der Waals surface area contributed by atoms with Crippen molar-refractivity contribution in [2.75, 3.05) is 13.2 Å². The molecule has 1 saturated heterocycles. The molecule has 0 N–H and O–H groups in total. The Kier molecular flexibility index (Phi) is 6.91. The van der Waals surface area contributed by atoms with Crippen molar-refractivity contribution in [3.63, 3.8) is 0 Å². The molecule has 1 unspecified atom stereocenters. The van der Waals surface area contributed by atoms with Gasteiger partial charge in [-0.25, -0.2) is 4.39 Å². The topological polar surface area (TPSA) is 18.5 Å². The van der Waals surface area contributed by atoms with E-state index >= 15 is 0 Å². The largest absolute Gasteiger partial charge is 0.352 e. The number of ether oxygens (including phenoxy) is 2. The molecule has 0 amide bonds. The first-order chi connectivity index (χ1) is 11.7. The third kappa shape index (κ3) is 5.16.